The Labute approximate surface area is 97.8 Å². The first-order valence-electron chi connectivity index (χ1n) is 6.46. The summed E-state index contributed by atoms with van der Waals surface area (Å²) in [4.78, 5) is 16.3. The molecule has 1 amide bonds. The summed E-state index contributed by atoms with van der Waals surface area (Å²) >= 11 is 0. The van der Waals surface area contributed by atoms with Crippen LogP contribution in [0.15, 0.2) is 0 Å². The Morgan fingerprint density at radius 3 is 2.44 bits per heavy atom. The Balaban J connectivity index is 1.73. The number of hydrogen-bond donors (Lipinski definition) is 1. The van der Waals surface area contributed by atoms with Gasteiger partial charge in [-0.2, -0.15) is 0 Å². The molecule has 0 bridgehead atoms. The number of rotatable bonds is 4. The van der Waals surface area contributed by atoms with E-state index < -0.39 is 0 Å². The minimum atomic E-state index is 0.108. The predicted molar refractivity (Wildman–Crippen MR) is 64.0 cm³/mol. The summed E-state index contributed by atoms with van der Waals surface area (Å²) in [7, 11) is 0. The Bertz CT molecular complexity index is 245. The zero-order chi connectivity index (χ0) is 11.5. The minimum Gasteiger partial charge on any atom is -0.340 e. The fourth-order valence-corrected chi connectivity index (χ4v) is 2.34. The number of carbonyl (C=O) groups is 1. The van der Waals surface area contributed by atoms with Gasteiger partial charge < -0.3 is 15.5 Å². The summed E-state index contributed by atoms with van der Waals surface area (Å²) in [6.45, 7) is 7.04. The van der Waals surface area contributed by atoms with E-state index in [2.05, 4.69) is 11.8 Å². The topological polar surface area (TPSA) is 49.6 Å². The monoisotopic (exact) mass is 225 g/mol. The lowest BCUT2D eigenvalue weighted by Crippen LogP contribution is -2.49. The first-order chi connectivity index (χ1) is 7.70. The molecule has 92 valence electrons. The SMILES string of the molecule is CCN1CCN(C(=O)CC(N)C2CC2)CC1. The van der Waals surface area contributed by atoms with E-state index in [4.69, 9.17) is 5.73 Å². The zero-order valence-corrected chi connectivity index (χ0v) is 10.2. The number of nitrogens with zero attached hydrogens (tertiary/aromatic N) is 2. The highest BCUT2D eigenvalue weighted by Gasteiger charge is 2.31. The van der Waals surface area contributed by atoms with Gasteiger partial charge in [0.2, 0.25) is 5.91 Å². The Kier molecular flexibility index (Phi) is 3.82. The summed E-state index contributed by atoms with van der Waals surface area (Å²) in [5, 5.41) is 0. The third-order valence-corrected chi connectivity index (χ3v) is 3.81. The molecule has 2 N–H and O–H groups in total. The van der Waals surface area contributed by atoms with Gasteiger partial charge >= 0.3 is 0 Å². The smallest absolute Gasteiger partial charge is 0.224 e. The van der Waals surface area contributed by atoms with Crippen LogP contribution in [0.25, 0.3) is 0 Å². The Morgan fingerprint density at radius 1 is 1.31 bits per heavy atom. The van der Waals surface area contributed by atoms with E-state index in [9.17, 15) is 4.79 Å². The van der Waals surface area contributed by atoms with Crippen LogP contribution in [0.4, 0.5) is 0 Å². The van der Waals surface area contributed by atoms with Gasteiger partial charge in [0.1, 0.15) is 0 Å². The standard InChI is InChI=1S/C12H23N3O/c1-2-14-5-7-15(8-6-14)12(16)9-11(13)10-3-4-10/h10-11H,2-9,13H2,1H3. The van der Waals surface area contributed by atoms with Gasteiger partial charge in [-0.15, -0.1) is 0 Å². The molecule has 1 aliphatic heterocycles. The maximum absolute atomic E-state index is 12.0. The number of likely N-dealkylation sites (N-methyl/N-ethyl adjacent to an activating group) is 1. The number of carbonyl (C=O) groups excluding carboxylic acids is 1. The van der Waals surface area contributed by atoms with Gasteiger partial charge in [-0.05, 0) is 25.3 Å². The predicted octanol–water partition coefficient (Wildman–Crippen LogP) is 0.278. The summed E-state index contributed by atoms with van der Waals surface area (Å²) in [5.41, 5.74) is 5.98. The van der Waals surface area contributed by atoms with Gasteiger partial charge in [-0.1, -0.05) is 6.92 Å². The quantitative estimate of drug-likeness (QED) is 0.747. The second-order valence-electron chi connectivity index (χ2n) is 5.02. The molecule has 1 atom stereocenters. The molecular weight excluding hydrogens is 202 g/mol. The van der Waals surface area contributed by atoms with Gasteiger partial charge in [0.05, 0.1) is 0 Å². The molecule has 4 nitrogen and oxygen atoms in total. The third-order valence-electron chi connectivity index (χ3n) is 3.81. The van der Waals surface area contributed by atoms with E-state index in [1.165, 1.54) is 12.8 Å². The molecule has 2 fully saturated rings. The van der Waals surface area contributed by atoms with E-state index in [1.807, 2.05) is 4.90 Å². The van der Waals surface area contributed by atoms with Crippen LogP contribution >= 0.6 is 0 Å². The highest BCUT2D eigenvalue weighted by atomic mass is 16.2. The van der Waals surface area contributed by atoms with E-state index in [-0.39, 0.29) is 11.9 Å². The molecule has 0 radical (unpaired) electrons. The molecule has 16 heavy (non-hydrogen) atoms. The molecule has 2 rings (SSSR count). The minimum absolute atomic E-state index is 0.108. The molecule has 1 saturated carbocycles. The van der Waals surface area contributed by atoms with Crippen molar-refractivity contribution in [2.24, 2.45) is 11.7 Å². The molecule has 0 spiro atoms. The normalized spacial score (nSPS) is 24.5. The van der Waals surface area contributed by atoms with Crippen molar-refractivity contribution in [3.8, 4) is 0 Å². The van der Waals surface area contributed by atoms with Crippen molar-refractivity contribution >= 4 is 5.91 Å². The molecule has 0 aromatic carbocycles. The molecule has 4 heteroatoms. The highest BCUT2D eigenvalue weighted by Crippen LogP contribution is 2.33. The van der Waals surface area contributed by atoms with Crippen LogP contribution in [-0.2, 0) is 4.79 Å². The van der Waals surface area contributed by atoms with Gasteiger partial charge in [-0.25, -0.2) is 0 Å². The number of amides is 1. The fraction of sp³-hybridized carbons (Fsp3) is 0.917. The van der Waals surface area contributed by atoms with Crippen LogP contribution < -0.4 is 5.73 Å². The van der Waals surface area contributed by atoms with Crippen molar-refractivity contribution in [1.29, 1.82) is 0 Å². The summed E-state index contributed by atoms with van der Waals surface area (Å²) in [5.74, 6) is 0.885. The van der Waals surface area contributed by atoms with Crippen molar-refractivity contribution in [3.63, 3.8) is 0 Å². The lowest BCUT2D eigenvalue weighted by molar-refractivity contribution is -0.133. The summed E-state index contributed by atoms with van der Waals surface area (Å²) < 4.78 is 0. The van der Waals surface area contributed by atoms with Gasteiger partial charge in [0, 0.05) is 38.6 Å². The maximum atomic E-state index is 12.0. The van der Waals surface area contributed by atoms with Gasteiger partial charge in [0.25, 0.3) is 0 Å². The molecule has 1 aliphatic carbocycles. The van der Waals surface area contributed by atoms with Crippen molar-refractivity contribution in [2.75, 3.05) is 32.7 Å². The first kappa shape index (κ1) is 11.9. The van der Waals surface area contributed by atoms with Crippen LogP contribution in [-0.4, -0.2) is 54.5 Å². The van der Waals surface area contributed by atoms with Gasteiger partial charge in [-0.3, -0.25) is 4.79 Å². The van der Waals surface area contributed by atoms with Crippen molar-refractivity contribution in [3.05, 3.63) is 0 Å². The lowest BCUT2D eigenvalue weighted by atomic mass is 10.1. The molecule has 1 heterocycles. The van der Waals surface area contributed by atoms with Crippen molar-refractivity contribution in [2.45, 2.75) is 32.2 Å². The first-order valence-corrected chi connectivity index (χ1v) is 6.46. The van der Waals surface area contributed by atoms with Crippen LogP contribution in [0.2, 0.25) is 0 Å². The lowest BCUT2D eigenvalue weighted by Gasteiger charge is -2.34. The summed E-state index contributed by atoms with van der Waals surface area (Å²) in [6, 6.07) is 0.108. The highest BCUT2D eigenvalue weighted by molar-refractivity contribution is 5.77. The Hall–Kier alpha value is -0.610. The van der Waals surface area contributed by atoms with Gasteiger partial charge in [0.15, 0.2) is 0 Å². The molecule has 2 aliphatic rings. The maximum Gasteiger partial charge on any atom is 0.224 e. The zero-order valence-electron chi connectivity index (χ0n) is 10.2. The van der Waals surface area contributed by atoms with E-state index in [0.717, 1.165) is 32.7 Å². The average Bonchev–Trinajstić information content (AvgIpc) is 3.13. The Morgan fingerprint density at radius 2 is 1.94 bits per heavy atom. The average molecular weight is 225 g/mol. The van der Waals surface area contributed by atoms with E-state index in [1.54, 1.807) is 0 Å². The van der Waals surface area contributed by atoms with E-state index >= 15 is 0 Å². The van der Waals surface area contributed by atoms with Crippen LogP contribution in [0.5, 0.6) is 0 Å². The number of piperazine rings is 1. The molecule has 0 aromatic rings. The number of nitrogens with two attached hydrogens (primary N) is 1. The molecule has 1 saturated heterocycles. The van der Waals surface area contributed by atoms with Crippen molar-refractivity contribution < 1.29 is 4.79 Å². The third kappa shape index (κ3) is 2.95. The second-order valence-corrected chi connectivity index (χ2v) is 5.02. The summed E-state index contributed by atoms with van der Waals surface area (Å²) in [6.07, 6.45) is 2.99. The largest absolute Gasteiger partial charge is 0.340 e. The second kappa shape index (κ2) is 5.15. The van der Waals surface area contributed by atoms with Crippen LogP contribution in [0, 0.1) is 5.92 Å². The van der Waals surface area contributed by atoms with Crippen molar-refractivity contribution in [1.82, 2.24) is 9.80 Å². The van der Waals surface area contributed by atoms with Crippen LogP contribution in [0.3, 0.4) is 0 Å². The molecular formula is C12H23N3O. The number of hydrogen-bond acceptors (Lipinski definition) is 3. The fourth-order valence-electron chi connectivity index (χ4n) is 2.34. The van der Waals surface area contributed by atoms with E-state index in [0.29, 0.717) is 12.3 Å². The molecule has 1 unspecified atom stereocenters. The molecule has 0 aromatic heterocycles. The van der Waals surface area contributed by atoms with Crippen LogP contribution in [0.1, 0.15) is 26.2 Å².